The van der Waals surface area contributed by atoms with Crippen LogP contribution in [0.25, 0.3) is 0 Å². The van der Waals surface area contributed by atoms with E-state index in [1.54, 1.807) is 31.2 Å². The lowest BCUT2D eigenvalue weighted by atomic mass is 10.1. The Morgan fingerprint density at radius 1 is 1.07 bits per heavy atom. The summed E-state index contributed by atoms with van der Waals surface area (Å²) in [6.07, 6.45) is 1.41. The van der Waals surface area contributed by atoms with Crippen molar-refractivity contribution >= 4 is 23.7 Å². The van der Waals surface area contributed by atoms with Gasteiger partial charge in [-0.15, -0.1) is 0 Å². The molecule has 0 spiro atoms. The van der Waals surface area contributed by atoms with Gasteiger partial charge in [0.2, 0.25) is 0 Å². The molecule has 0 bridgehead atoms. The Hall–Kier alpha value is -4.95. The number of rotatable bonds is 12. The van der Waals surface area contributed by atoms with E-state index in [0.29, 0.717) is 40.6 Å². The normalized spacial score (nSPS) is 10.7. The first-order chi connectivity index (χ1) is 19.3. The third-order valence-corrected chi connectivity index (χ3v) is 5.75. The number of ether oxygens (including phenoxy) is 3. The predicted molar refractivity (Wildman–Crippen MR) is 150 cm³/mol. The van der Waals surface area contributed by atoms with Gasteiger partial charge in [0, 0.05) is 24.1 Å². The number of methoxy groups -OCH3 is 1. The third-order valence-electron chi connectivity index (χ3n) is 5.75. The minimum absolute atomic E-state index is 0.0674. The van der Waals surface area contributed by atoms with Crippen LogP contribution >= 0.6 is 0 Å². The number of hydrazone groups is 1. The lowest BCUT2D eigenvalue weighted by Crippen LogP contribution is -2.33. The average Bonchev–Trinajstić information content (AvgIpc) is 2.92. The van der Waals surface area contributed by atoms with E-state index in [9.17, 15) is 19.6 Å². The Bertz CT molecular complexity index is 1510. The lowest BCUT2D eigenvalue weighted by molar-refractivity contribution is -0.121. The molecule has 0 radical (unpaired) electrons. The minimum Gasteiger partial charge on any atom is -0.490 e. The fourth-order valence-electron chi connectivity index (χ4n) is 3.81. The molecule has 0 aliphatic rings. The van der Waals surface area contributed by atoms with E-state index in [-0.39, 0.29) is 31.2 Å². The maximum absolute atomic E-state index is 12.7. The molecule has 2 N–H and O–H groups in total. The zero-order chi connectivity index (χ0) is 29.1. The van der Waals surface area contributed by atoms with Crippen molar-refractivity contribution in [1.82, 2.24) is 9.99 Å². The summed E-state index contributed by atoms with van der Waals surface area (Å²) in [5.41, 5.74) is 4.98. The second-order valence-corrected chi connectivity index (χ2v) is 8.71. The van der Waals surface area contributed by atoms with Gasteiger partial charge < -0.3 is 24.1 Å². The molecule has 0 saturated heterocycles. The van der Waals surface area contributed by atoms with Crippen molar-refractivity contribution in [2.75, 3.05) is 25.6 Å². The number of aromatic nitrogens is 1. The van der Waals surface area contributed by atoms with Crippen LogP contribution in [0, 0.1) is 25.2 Å². The summed E-state index contributed by atoms with van der Waals surface area (Å²) >= 11 is 0. The SMILES string of the molecule is CCOc1cc(/C=N\NC(=O)Cn2c(C)cc(COC)c(C#N)c2=O)ccc1OCC(=O)Nc1ccccc1C. The fourth-order valence-corrected chi connectivity index (χ4v) is 3.81. The van der Waals surface area contributed by atoms with Gasteiger partial charge in [-0.3, -0.25) is 14.4 Å². The Kier molecular flexibility index (Phi) is 10.6. The molecular formula is C29H31N5O6. The maximum Gasteiger partial charge on any atom is 0.269 e. The first kappa shape index (κ1) is 29.6. The van der Waals surface area contributed by atoms with E-state index in [2.05, 4.69) is 15.8 Å². The molecule has 3 rings (SSSR count). The van der Waals surface area contributed by atoms with Gasteiger partial charge in [0.25, 0.3) is 17.4 Å². The second kappa shape index (κ2) is 14.3. The molecule has 0 saturated carbocycles. The molecule has 0 aliphatic heterocycles. The molecule has 40 heavy (non-hydrogen) atoms. The highest BCUT2D eigenvalue weighted by Gasteiger charge is 2.15. The highest BCUT2D eigenvalue weighted by atomic mass is 16.5. The summed E-state index contributed by atoms with van der Waals surface area (Å²) in [4.78, 5) is 37.5. The first-order valence-corrected chi connectivity index (χ1v) is 12.5. The van der Waals surface area contributed by atoms with E-state index in [4.69, 9.17) is 14.2 Å². The van der Waals surface area contributed by atoms with Crippen molar-refractivity contribution in [3.63, 3.8) is 0 Å². The van der Waals surface area contributed by atoms with Crippen molar-refractivity contribution in [2.24, 2.45) is 5.10 Å². The summed E-state index contributed by atoms with van der Waals surface area (Å²) in [6, 6.07) is 16.0. The third kappa shape index (κ3) is 7.78. The van der Waals surface area contributed by atoms with Crippen molar-refractivity contribution in [3.05, 3.63) is 86.8 Å². The van der Waals surface area contributed by atoms with Gasteiger partial charge in [-0.2, -0.15) is 10.4 Å². The van der Waals surface area contributed by atoms with Crippen molar-refractivity contribution in [3.8, 4) is 17.6 Å². The Balaban J connectivity index is 1.63. The standard InChI is InChI=1S/C29H31N5O6/c1-5-39-26-13-21(10-11-25(26)40-18-28(36)32-24-9-7-6-8-19(24)2)15-31-33-27(35)16-34-20(3)12-22(17-38-4)23(14-30)29(34)37/h6-13,15H,5,16-18H2,1-4H3,(H,32,36)(H,33,35)/b31-15-. The summed E-state index contributed by atoms with van der Waals surface area (Å²) in [7, 11) is 1.47. The molecule has 0 atom stereocenters. The van der Waals surface area contributed by atoms with Crippen molar-refractivity contribution in [2.45, 2.75) is 33.9 Å². The quantitative estimate of drug-likeness (QED) is 0.263. The molecule has 11 nitrogen and oxygen atoms in total. The average molecular weight is 546 g/mol. The molecule has 0 aliphatic carbocycles. The summed E-state index contributed by atoms with van der Waals surface area (Å²) in [6.45, 7) is 5.35. The number of pyridine rings is 1. The Morgan fingerprint density at radius 3 is 2.55 bits per heavy atom. The summed E-state index contributed by atoms with van der Waals surface area (Å²) in [5.74, 6) is -0.0731. The number of carbonyl (C=O) groups excluding carboxylic acids is 2. The second-order valence-electron chi connectivity index (χ2n) is 8.71. The monoisotopic (exact) mass is 545 g/mol. The van der Waals surface area contributed by atoms with Crippen LogP contribution in [0.1, 0.15) is 34.9 Å². The molecule has 0 fully saturated rings. The number of aryl methyl sites for hydroxylation is 2. The van der Waals surface area contributed by atoms with Crippen LogP contribution in [-0.4, -0.2) is 42.9 Å². The highest BCUT2D eigenvalue weighted by molar-refractivity contribution is 5.92. The highest BCUT2D eigenvalue weighted by Crippen LogP contribution is 2.28. The minimum atomic E-state index is -0.571. The smallest absolute Gasteiger partial charge is 0.269 e. The molecule has 1 heterocycles. The van der Waals surface area contributed by atoms with E-state index in [1.165, 1.54) is 17.9 Å². The maximum atomic E-state index is 12.7. The molecular weight excluding hydrogens is 514 g/mol. The topological polar surface area (TPSA) is 144 Å². The molecule has 3 aromatic rings. The van der Waals surface area contributed by atoms with E-state index in [1.807, 2.05) is 44.2 Å². The van der Waals surface area contributed by atoms with Crippen molar-refractivity contribution in [1.29, 1.82) is 5.26 Å². The number of hydrogen-bond acceptors (Lipinski definition) is 8. The van der Waals surface area contributed by atoms with E-state index < -0.39 is 11.5 Å². The molecule has 1 aromatic heterocycles. The number of nitriles is 1. The van der Waals surface area contributed by atoms with Crippen LogP contribution in [0.3, 0.4) is 0 Å². The van der Waals surface area contributed by atoms with E-state index in [0.717, 1.165) is 5.56 Å². The van der Waals surface area contributed by atoms with Crippen LogP contribution in [0.5, 0.6) is 11.5 Å². The molecule has 2 amide bonds. The van der Waals surface area contributed by atoms with Gasteiger partial charge >= 0.3 is 0 Å². The van der Waals surface area contributed by atoms with Gasteiger partial charge in [0.05, 0.1) is 19.4 Å². The molecule has 208 valence electrons. The number of benzene rings is 2. The van der Waals surface area contributed by atoms with Crippen LogP contribution in [-0.2, 0) is 27.5 Å². The number of para-hydroxylation sites is 1. The fraction of sp³-hybridized carbons (Fsp3) is 0.276. The lowest BCUT2D eigenvalue weighted by Gasteiger charge is -2.13. The largest absolute Gasteiger partial charge is 0.490 e. The Morgan fingerprint density at radius 2 is 1.85 bits per heavy atom. The number of amides is 2. The van der Waals surface area contributed by atoms with Gasteiger partial charge in [0.15, 0.2) is 18.1 Å². The number of carbonyl (C=O) groups is 2. The number of nitrogens with zero attached hydrogens (tertiary/aromatic N) is 3. The summed E-state index contributed by atoms with van der Waals surface area (Å²) < 4.78 is 17.6. The predicted octanol–water partition coefficient (Wildman–Crippen LogP) is 3.05. The molecule has 2 aromatic carbocycles. The Labute approximate surface area is 232 Å². The zero-order valence-corrected chi connectivity index (χ0v) is 22.8. The first-order valence-electron chi connectivity index (χ1n) is 12.5. The van der Waals surface area contributed by atoms with Gasteiger partial charge in [-0.1, -0.05) is 18.2 Å². The molecule has 11 heteroatoms. The van der Waals surface area contributed by atoms with Gasteiger partial charge in [0.1, 0.15) is 18.2 Å². The van der Waals surface area contributed by atoms with Crippen molar-refractivity contribution < 1.29 is 23.8 Å². The number of anilines is 1. The van der Waals surface area contributed by atoms with Crippen LogP contribution in [0.15, 0.2) is 58.4 Å². The van der Waals surface area contributed by atoms with E-state index >= 15 is 0 Å². The zero-order valence-electron chi connectivity index (χ0n) is 22.8. The number of nitrogens with one attached hydrogen (secondary N) is 2. The van der Waals surface area contributed by atoms with Gasteiger partial charge in [-0.05, 0) is 62.2 Å². The van der Waals surface area contributed by atoms with Gasteiger partial charge in [-0.25, -0.2) is 5.43 Å². The number of hydrogen-bond donors (Lipinski definition) is 2. The molecule has 0 unspecified atom stereocenters. The van der Waals surface area contributed by atoms with Crippen LogP contribution in [0.4, 0.5) is 5.69 Å². The van der Waals surface area contributed by atoms with Crippen LogP contribution < -0.4 is 25.8 Å². The summed E-state index contributed by atoms with van der Waals surface area (Å²) in [5, 5.41) is 16.1. The van der Waals surface area contributed by atoms with Crippen LogP contribution in [0.2, 0.25) is 0 Å².